The van der Waals surface area contributed by atoms with Crippen LogP contribution in [-0.2, 0) is 6.54 Å². The summed E-state index contributed by atoms with van der Waals surface area (Å²) >= 11 is 0. The fourth-order valence-corrected chi connectivity index (χ4v) is 2.00. The molecule has 0 aliphatic heterocycles. The minimum Gasteiger partial charge on any atom is -0.380 e. The van der Waals surface area contributed by atoms with E-state index in [-0.39, 0.29) is 0 Å². The zero-order valence-corrected chi connectivity index (χ0v) is 12.1. The van der Waals surface area contributed by atoms with Gasteiger partial charge in [-0.25, -0.2) is 9.67 Å². The lowest BCUT2D eigenvalue weighted by molar-refractivity contribution is 0.846. The van der Waals surface area contributed by atoms with E-state index < -0.39 is 0 Å². The highest BCUT2D eigenvalue weighted by molar-refractivity contribution is 5.48. The Morgan fingerprint density at radius 1 is 1.30 bits per heavy atom. The largest absolute Gasteiger partial charge is 0.380 e. The van der Waals surface area contributed by atoms with Crippen molar-refractivity contribution in [2.45, 2.75) is 20.4 Å². The molecule has 5 heteroatoms. The van der Waals surface area contributed by atoms with Crippen molar-refractivity contribution in [3.8, 4) is 0 Å². The highest BCUT2D eigenvalue weighted by Gasteiger charge is 2.03. The molecule has 0 amide bonds. The summed E-state index contributed by atoms with van der Waals surface area (Å²) in [4.78, 5) is 6.70. The number of hydrogen-bond acceptors (Lipinski definition) is 4. The Balaban J connectivity index is 1.95. The number of anilines is 2. The van der Waals surface area contributed by atoms with Crippen molar-refractivity contribution in [3.05, 3.63) is 42.9 Å². The molecule has 0 saturated carbocycles. The summed E-state index contributed by atoms with van der Waals surface area (Å²) in [7, 11) is 0. The zero-order valence-electron chi connectivity index (χ0n) is 12.1. The average molecular weight is 271 g/mol. The molecule has 5 nitrogen and oxygen atoms in total. The van der Waals surface area contributed by atoms with E-state index in [0.717, 1.165) is 36.7 Å². The van der Waals surface area contributed by atoms with Crippen molar-refractivity contribution in [3.63, 3.8) is 0 Å². The van der Waals surface area contributed by atoms with Crippen molar-refractivity contribution in [1.29, 1.82) is 0 Å². The van der Waals surface area contributed by atoms with E-state index in [4.69, 9.17) is 0 Å². The molecule has 0 aliphatic rings. The van der Waals surface area contributed by atoms with Gasteiger partial charge in [0.05, 0.1) is 18.1 Å². The molecule has 0 unspecified atom stereocenters. The highest BCUT2D eigenvalue weighted by Crippen LogP contribution is 2.14. The summed E-state index contributed by atoms with van der Waals surface area (Å²) in [5, 5.41) is 7.47. The Kier molecular flexibility index (Phi) is 4.76. The van der Waals surface area contributed by atoms with Crippen LogP contribution in [0.4, 0.5) is 11.5 Å². The predicted molar refractivity (Wildman–Crippen MR) is 83.7 cm³/mol. The van der Waals surface area contributed by atoms with Crippen molar-refractivity contribution >= 4 is 17.7 Å². The Labute approximate surface area is 119 Å². The molecule has 0 fully saturated rings. The molecule has 0 spiro atoms. The SMILES string of the molecule is C=Cn1cc(CNc2ccc(N(CC)CC)nc2)cn1. The molecule has 20 heavy (non-hydrogen) atoms. The molecule has 2 rings (SSSR count). The van der Waals surface area contributed by atoms with Gasteiger partial charge in [0.2, 0.25) is 0 Å². The van der Waals surface area contributed by atoms with Crippen LogP contribution in [0.15, 0.2) is 37.3 Å². The van der Waals surface area contributed by atoms with Crippen molar-refractivity contribution in [2.24, 2.45) is 0 Å². The molecule has 1 N–H and O–H groups in total. The van der Waals surface area contributed by atoms with E-state index in [0.29, 0.717) is 0 Å². The Hall–Kier alpha value is -2.30. The van der Waals surface area contributed by atoms with Gasteiger partial charge in [0.25, 0.3) is 0 Å². The standard InChI is InChI=1S/C15H21N5/c1-4-19(5-2)15-8-7-14(11-17-15)16-9-13-10-18-20(6-3)12-13/h6-8,10-12,16H,3-5,9H2,1-2H3. The Morgan fingerprint density at radius 2 is 2.10 bits per heavy atom. The van der Waals surface area contributed by atoms with Crippen LogP contribution >= 0.6 is 0 Å². The lowest BCUT2D eigenvalue weighted by Crippen LogP contribution is -2.22. The third-order valence-electron chi connectivity index (χ3n) is 3.17. The maximum Gasteiger partial charge on any atom is 0.128 e. The minimum absolute atomic E-state index is 0.722. The quantitative estimate of drug-likeness (QED) is 0.841. The van der Waals surface area contributed by atoms with Gasteiger partial charge >= 0.3 is 0 Å². The molecule has 0 bridgehead atoms. The molecule has 0 atom stereocenters. The molecule has 106 valence electrons. The van der Waals surface area contributed by atoms with Crippen molar-refractivity contribution in [2.75, 3.05) is 23.3 Å². The van der Waals surface area contributed by atoms with E-state index >= 15 is 0 Å². The molecular formula is C15H21N5. The van der Waals surface area contributed by atoms with E-state index in [1.807, 2.05) is 24.7 Å². The first-order valence-electron chi connectivity index (χ1n) is 6.87. The average Bonchev–Trinajstić information content (AvgIpc) is 2.96. The first-order valence-corrected chi connectivity index (χ1v) is 6.87. The second-order valence-corrected chi connectivity index (χ2v) is 4.44. The molecule has 0 aromatic carbocycles. The topological polar surface area (TPSA) is 46.0 Å². The predicted octanol–water partition coefficient (Wildman–Crippen LogP) is 2.84. The van der Waals surface area contributed by atoms with Gasteiger partial charge in [0.1, 0.15) is 5.82 Å². The van der Waals surface area contributed by atoms with Crippen LogP contribution in [0.25, 0.3) is 6.20 Å². The molecular weight excluding hydrogens is 250 g/mol. The normalized spacial score (nSPS) is 10.3. The lowest BCUT2D eigenvalue weighted by Gasteiger charge is -2.19. The van der Waals surface area contributed by atoms with E-state index in [1.165, 1.54) is 0 Å². The monoisotopic (exact) mass is 271 g/mol. The van der Waals surface area contributed by atoms with Gasteiger partial charge in [-0.1, -0.05) is 6.58 Å². The molecule has 2 aromatic rings. The fourth-order valence-electron chi connectivity index (χ4n) is 2.00. The smallest absolute Gasteiger partial charge is 0.128 e. The second kappa shape index (κ2) is 6.75. The molecule has 0 saturated heterocycles. The summed E-state index contributed by atoms with van der Waals surface area (Å²) < 4.78 is 1.69. The molecule has 2 aromatic heterocycles. The van der Waals surface area contributed by atoms with Crippen LogP contribution in [0.2, 0.25) is 0 Å². The van der Waals surface area contributed by atoms with Gasteiger partial charge in [-0.15, -0.1) is 0 Å². The number of rotatable bonds is 7. The van der Waals surface area contributed by atoms with Crippen LogP contribution in [0, 0.1) is 0 Å². The number of nitrogens with zero attached hydrogens (tertiary/aromatic N) is 4. The van der Waals surface area contributed by atoms with Gasteiger partial charge in [0, 0.05) is 37.6 Å². The van der Waals surface area contributed by atoms with Crippen LogP contribution in [0.3, 0.4) is 0 Å². The summed E-state index contributed by atoms with van der Waals surface area (Å²) in [6, 6.07) is 4.10. The van der Waals surface area contributed by atoms with Crippen LogP contribution in [0.1, 0.15) is 19.4 Å². The summed E-state index contributed by atoms with van der Waals surface area (Å²) in [6.45, 7) is 10.6. The second-order valence-electron chi connectivity index (χ2n) is 4.44. The third-order valence-corrected chi connectivity index (χ3v) is 3.17. The summed E-state index contributed by atoms with van der Waals surface area (Å²) in [5.74, 6) is 1.01. The maximum atomic E-state index is 4.48. The first-order chi connectivity index (χ1) is 9.76. The van der Waals surface area contributed by atoms with Gasteiger partial charge in [-0.2, -0.15) is 5.10 Å². The highest BCUT2D eigenvalue weighted by atomic mass is 15.2. The Bertz CT molecular complexity index is 540. The van der Waals surface area contributed by atoms with Crippen LogP contribution < -0.4 is 10.2 Å². The molecule has 2 heterocycles. The van der Waals surface area contributed by atoms with Gasteiger partial charge in [-0.3, -0.25) is 0 Å². The lowest BCUT2D eigenvalue weighted by atomic mass is 10.3. The van der Waals surface area contributed by atoms with Gasteiger partial charge < -0.3 is 10.2 Å². The van der Waals surface area contributed by atoms with E-state index in [9.17, 15) is 0 Å². The van der Waals surface area contributed by atoms with Crippen molar-refractivity contribution < 1.29 is 0 Å². The number of aromatic nitrogens is 3. The van der Waals surface area contributed by atoms with Crippen molar-refractivity contribution in [1.82, 2.24) is 14.8 Å². The maximum absolute atomic E-state index is 4.48. The number of nitrogens with one attached hydrogen (secondary N) is 1. The van der Waals surface area contributed by atoms with E-state index in [2.05, 4.69) is 46.8 Å². The summed E-state index contributed by atoms with van der Waals surface area (Å²) in [6.07, 6.45) is 7.31. The fraction of sp³-hybridized carbons (Fsp3) is 0.333. The molecule has 0 radical (unpaired) electrons. The van der Waals surface area contributed by atoms with Gasteiger partial charge in [-0.05, 0) is 26.0 Å². The summed E-state index contributed by atoms with van der Waals surface area (Å²) in [5.41, 5.74) is 2.12. The third kappa shape index (κ3) is 3.38. The first kappa shape index (κ1) is 14.1. The van der Waals surface area contributed by atoms with Crippen LogP contribution in [-0.4, -0.2) is 27.9 Å². The molecule has 0 aliphatic carbocycles. The Morgan fingerprint density at radius 3 is 2.65 bits per heavy atom. The number of hydrogen-bond donors (Lipinski definition) is 1. The van der Waals surface area contributed by atoms with Gasteiger partial charge in [0.15, 0.2) is 0 Å². The number of pyridine rings is 1. The van der Waals surface area contributed by atoms with Crippen LogP contribution in [0.5, 0.6) is 0 Å². The zero-order chi connectivity index (χ0) is 14.4. The minimum atomic E-state index is 0.722. The van der Waals surface area contributed by atoms with E-state index in [1.54, 1.807) is 10.9 Å².